The fourth-order valence-corrected chi connectivity index (χ4v) is 1.98. The van der Waals surface area contributed by atoms with Crippen molar-refractivity contribution < 1.29 is 0 Å². The van der Waals surface area contributed by atoms with Gasteiger partial charge in [0.05, 0.1) is 0 Å². The molecule has 0 bridgehead atoms. The normalized spacial score (nSPS) is 17.4. The summed E-state index contributed by atoms with van der Waals surface area (Å²) in [6.07, 6.45) is 3.45. The lowest BCUT2D eigenvalue weighted by Gasteiger charge is -2.34. The van der Waals surface area contributed by atoms with E-state index in [2.05, 4.69) is 26.3 Å². The Balaban J connectivity index is 1.96. The molecule has 0 saturated carbocycles. The topological polar surface area (TPSA) is 32.3 Å². The van der Waals surface area contributed by atoms with Crippen LogP contribution in [0.25, 0.3) is 0 Å². The van der Waals surface area contributed by atoms with Gasteiger partial charge in [0.1, 0.15) is 17.3 Å². The van der Waals surface area contributed by atoms with Crippen LogP contribution in [0.1, 0.15) is 0 Å². The Labute approximate surface area is 101 Å². The van der Waals surface area contributed by atoms with Crippen molar-refractivity contribution in [2.75, 3.05) is 37.6 Å². The Morgan fingerprint density at radius 2 is 2.06 bits per heavy atom. The van der Waals surface area contributed by atoms with Crippen LogP contribution in [-0.4, -0.2) is 47.6 Å². The molecule has 1 saturated heterocycles. The first-order valence-electron chi connectivity index (χ1n) is 5.35. The molecule has 0 radical (unpaired) electrons. The minimum Gasteiger partial charge on any atom is -0.354 e. The lowest BCUT2D eigenvalue weighted by Crippen LogP contribution is -2.46. The third-order valence-electron chi connectivity index (χ3n) is 2.70. The first kappa shape index (κ1) is 11.4. The number of rotatable bonds is 3. The van der Waals surface area contributed by atoms with Crippen molar-refractivity contribution in [1.29, 1.82) is 0 Å². The van der Waals surface area contributed by atoms with Crippen LogP contribution in [0.5, 0.6) is 0 Å². The second kappa shape index (κ2) is 5.27. The van der Waals surface area contributed by atoms with Crippen LogP contribution in [0.2, 0.25) is 5.15 Å². The lowest BCUT2D eigenvalue weighted by molar-refractivity contribution is 0.283. The van der Waals surface area contributed by atoms with Crippen molar-refractivity contribution >= 4 is 17.4 Å². The third-order valence-corrected chi connectivity index (χ3v) is 2.91. The maximum Gasteiger partial charge on any atom is 0.134 e. The summed E-state index contributed by atoms with van der Waals surface area (Å²) in [6.45, 7) is 8.72. The average Bonchev–Trinajstić information content (AvgIpc) is 2.30. The van der Waals surface area contributed by atoms with Gasteiger partial charge in [-0.2, -0.15) is 0 Å². The van der Waals surface area contributed by atoms with Crippen LogP contribution in [0.15, 0.2) is 25.0 Å². The molecule has 16 heavy (non-hydrogen) atoms. The van der Waals surface area contributed by atoms with E-state index in [1.807, 2.05) is 12.1 Å². The fourth-order valence-electron chi connectivity index (χ4n) is 1.84. The molecule has 0 aliphatic carbocycles. The second-order valence-electron chi connectivity index (χ2n) is 3.78. The molecular weight excluding hydrogens is 224 g/mol. The fraction of sp³-hybridized carbons (Fsp3) is 0.455. The van der Waals surface area contributed by atoms with Gasteiger partial charge in [0.15, 0.2) is 0 Å². The molecule has 0 unspecified atom stereocenters. The standard InChI is InChI=1S/C11H15ClN4/c1-2-3-15-4-6-16(7-5-15)11-8-10(12)13-9-14-11/h2,8-9H,1,3-7H2. The van der Waals surface area contributed by atoms with E-state index < -0.39 is 0 Å². The quantitative estimate of drug-likeness (QED) is 0.589. The molecule has 4 nitrogen and oxygen atoms in total. The predicted octanol–water partition coefficient (Wildman–Crippen LogP) is 1.44. The molecule has 0 aromatic carbocycles. The Morgan fingerprint density at radius 3 is 2.69 bits per heavy atom. The number of hydrogen-bond acceptors (Lipinski definition) is 4. The molecule has 1 aromatic heterocycles. The maximum absolute atomic E-state index is 5.84. The summed E-state index contributed by atoms with van der Waals surface area (Å²) in [6, 6.07) is 1.81. The van der Waals surface area contributed by atoms with Crippen LogP contribution in [0.3, 0.4) is 0 Å². The van der Waals surface area contributed by atoms with Crippen molar-refractivity contribution in [2.24, 2.45) is 0 Å². The molecular formula is C11H15ClN4. The zero-order valence-electron chi connectivity index (χ0n) is 9.14. The van der Waals surface area contributed by atoms with Crippen LogP contribution >= 0.6 is 11.6 Å². The number of nitrogens with zero attached hydrogens (tertiary/aromatic N) is 4. The summed E-state index contributed by atoms with van der Waals surface area (Å²) >= 11 is 5.84. The van der Waals surface area contributed by atoms with Gasteiger partial charge in [-0.25, -0.2) is 9.97 Å². The minimum absolute atomic E-state index is 0.499. The molecule has 1 fully saturated rings. The van der Waals surface area contributed by atoms with Crippen molar-refractivity contribution in [3.63, 3.8) is 0 Å². The lowest BCUT2D eigenvalue weighted by atomic mass is 10.3. The Bertz CT molecular complexity index is 361. The molecule has 1 aliphatic heterocycles. The summed E-state index contributed by atoms with van der Waals surface area (Å²) in [5, 5.41) is 0.499. The number of anilines is 1. The second-order valence-corrected chi connectivity index (χ2v) is 4.16. The third kappa shape index (κ3) is 2.71. The van der Waals surface area contributed by atoms with Crippen LogP contribution in [-0.2, 0) is 0 Å². The van der Waals surface area contributed by atoms with E-state index in [0.717, 1.165) is 38.5 Å². The average molecular weight is 239 g/mol. The molecule has 0 amide bonds. The number of hydrogen-bond donors (Lipinski definition) is 0. The van der Waals surface area contributed by atoms with Crippen molar-refractivity contribution in [1.82, 2.24) is 14.9 Å². The smallest absolute Gasteiger partial charge is 0.134 e. The van der Waals surface area contributed by atoms with Crippen LogP contribution < -0.4 is 4.90 Å². The van der Waals surface area contributed by atoms with Gasteiger partial charge in [-0.15, -0.1) is 6.58 Å². The highest BCUT2D eigenvalue weighted by Crippen LogP contribution is 2.15. The van der Waals surface area contributed by atoms with E-state index in [-0.39, 0.29) is 0 Å². The summed E-state index contributed by atoms with van der Waals surface area (Å²) in [7, 11) is 0. The van der Waals surface area contributed by atoms with E-state index in [1.54, 1.807) is 0 Å². The Hall–Kier alpha value is -1.13. The van der Waals surface area contributed by atoms with Gasteiger partial charge in [-0.05, 0) is 0 Å². The van der Waals surface area contributed by atoms with Gasteiger partial charge in [-0.3, -0.25) is 4.90 Å². The number of aromatic nitrogens is 2. The zero-order chi connectivity index (χ0) is 11.4. The van der Waals surface area contributed by atoms with Gasteiger partial charge >= 0.3 is 0 Å². The van der Waals surface area contributed by atoms with Gasteiger partial charge in [-0.1, -0.05) is 17.7 Å². The monoisotopic (exact) mass is 238 g/mol. The molecule has 86 valence electrons. The van der Waals surface area contributed by atoms with Crippen LogP contribution in [0.4, 0.5) is 5.82 Å². The van der Waals surface area contributed by atoms with Gasteiger partial charge in [0.2, 0.25) is 0 Å². The van der Waals surface area contributed by atoms with Gasteiger partial charge < -0.3 is 4.90 Å². The molecule has 2 heterocycles. The molecule has 1 aliphatic rings. The summed E-state index contributed by atoms with van der Waals surface area (Å²) in [5.41, 5.74) is 0. The highest BCUT2D eigenvalue weighted by atomic mass is 35.5. The maximum atomic E-state index is 5.84. The molecule has 5 heteroatoms. The Morgan fingerprint density at radius 1 is 1.31 bits per heavy atom. The van der Waals surface area contributed by atoms with E-state index in [0.29, 0.717) is 5.15 Å². The van der Waals surface area contributed by atoms with E-state index in [9.17, 15) is 0 Å². The summed E-state index contributed by atoms with van der Waals surface area (Å²) in [5.74, 6) is 0.915. The Kier molecular flexibility index (Phi) is 3.74. The molecule has 2 rings (SSSR count). The van der Waals surface area contributed by atoms with Crippen LogP contribution in [0, 0.1) is 0 Å². The van der Waals surface area contributed by atoms with E-state index in [4.69, 9.17) is 11.6 Å². The summed E-state index contributed by atoms with van der Waals surface area (Å²) in [4.78, 5) is 12.7. The van der Waals surface area contributed by atoms with E-state index in [1.165, 1.54) is 6.33 Å². The van der Waals surface area contributed by atoms with Crippen molar-refractivity contribution in [2.45, 2.75) is 0 Å². The number of halogens is 1. The highest BCUT2D eigenvalue weighted by Gasteiger charge is 2.17. The molecule has 0 atom stereocenters. The van der Waals surface area contributed by atoms with E-state index >= 15 is 0 Å². The largest absolute Gasteiger partial charge is 0.354 e. The number of piperazine rings is 1. The SMILES string of the molecule is C=CCN1CCN(c2cc(Cl)ncn2)CC1. The molecule has 0 spiro atoms. The van der Waals surface area contributed by atoms with Gasteiger partial charge in [0.25, 0.3) is 0 Å². The minimum atomic E-state index is 0.499. The molecule has 0 N–H and O–H groups in total. The highest BCUT2D eigenvalue weighted by molar-refractivity contribution is 6.29. The first-order chi connectivity index (χ1) is 7.79. The van der Waals surface area contributed by atoms with Gasteiger partial charge in [0, 0.05) is 38.8 Å². The molecule has 1 aromatic rings. The zero-order valence-corrected chi connectivity index (χ0v) is 9.90. The summed E-state index contributed by atoms with van der Waals surface area (Å²) < 4.78 is 0. The first-order valence-corrected chi connectivity index (χ1v) is 5.73. The van der Waals surface area contributed by atoms with Crippen molar-refractivity contribution in [3.8, 4) is 0 Å². The van der Waals surface area contributed by atoms with Crippen molar-refractivity contribution in [3.05, 3.63) is 30.2 Å². The predicted molar refractivity (Wildman–Crippen MR) is 65.9 cm³/mol.